The molecule has 6 nitrogen and oxygen atoms in total. The summed E-state index contributed by atoms with van der Waals surface area (Å²) in [7, 11) is 0. The van der Waals surface area contributed by atoms with Gasteiger partial charge in [-0.15, -0.1) is 0 Å². The average molecular weight is 299 g/mol. The molecule has 0 saturated carbocycles. The molecule has 1 N–H and O–H groups in total. The van der Waals surface area contributed by atoms with Gasteiger partial charge in [0.15, 0.2) is 0 Å². The van der Waals surface area contributed by atoms with E-state index in [2.05, 4.69) is 5.10 Å². The summed E-state index contributed by atoms with van der Waals surface area (Å²) in [5.41, 5.74) is 2.04. The smallest absolute Gasteiger partial charge is 0.326 e. The van der Waals surface area contributed by atoms with E-state index < -0.39 is 12.0 Å². The van der Waals surface area contributed by atoms with E-state index in [0.717, 1.165) is 5.69 Å². The van der Waals surface area contributed by atoms with E-state index in [4.69, 9.17) is 0 Å². The lowest BCUT2D eigenvalue weighted by Gasteiger charge is -2.21. The number of carboxylic acid groups (broad SMARTS) is 1. The minimum Gasteiger partial charge on any atom is -0.480 e. The maximum Gasteiger partial charge on any atom is 0.326 e. The normalized spacial score (nSPS) is 17.7. The van der Waals surface area contributed by atoms with Gasteiger partial charge in [0.1, 0.15) is 6.04 Å². The average Bonchev–Trinajstić information content (AvgIpc) is 3.14. The van der Waals surface area contributed by atoms with E-state index in [1.54, 1.807) is 4.68 Å². The number of aromatic nitrogens is 2. The van der Waals surface area contributed by atoms with Crippen molar-refractivity contribution in [3.63, 3.8) is 0 Å². The number of hydrogen-bond donors (Lipinski definition) is 1. The number of para-hydroxylation sites is 1. The van der Waals surface area contributed by atoms with E-state index in [1.807, 2.05) is 37.3 Å². The summed E-state index contributed by atoms with van der Waals surface area (Å²) in [5.74, 6) is -1.21. The zero-order chi connectivity index (χ0) is 15.7. The first-order valence-corrected chi connectivity index (χ1v) is 7.23. The zero-order valence-corrected chi connectivity index (χ0v) is 12.3. The Morgan fingerprint density at radius 3 is 2.68 bits per heavy atom. The van der Waals surface area contributed by atoms with Crippen molar-refractivity contribution in [2.45, 2.75) is 25.8 Å². The van der Waals surface area contributed by atoms with Crippen molar-refractivity contribution in [2.75, 3.05) is 6.54 Å². The van der Waals surface area contributed by atoms with Crippen molar-refractivity contribution in [2.24, 2.45) is 0 Å². The van der Waals surface area contributed by atoms with Crippen LogP contribution in [0.2, 0.25) is 0 Å². The van der Waals surface area contributed by atoms with Crippen molar-refractivity contribution in [3.8, 4) is 5.69 Å². The third-order valence-electron chi connectivity index (χ3n) is 4.04. The molecule has 1 fully saturated rings. The van der Waals surface area contributed by atoms with Gasteiger partial charge in [-0.05, 0) is 31.9 Å². The molecule has 1 aliphatic rings. The van der Waals surface area contributed by atoms with Gasteiger partial charge in [0, 0.05) is 6.54 Å². The first-order valence-electron chi connectivity index (χ1n) is 7.23. The number of benzene rings is 1. The fourth-order valence-electron chi connectivity index (χ4n) is 2.87. The maximum atomic E-state index is 12.6. The third-order valence-corrected chi connectivity index (χ3v) is 4.04. The Hall–Kier alpha value is -2.63. The summed E-state index contributed by atoms with van der Waals surface area (Å²) < 4.78 is 1.69. The van der Waals surface area contributed by atoms with Crippen LogP contribution in [0.25, 0.3) is 5.69 Å². The number of aliphatic carboxylic acids is 1. The summed E-state index contributed by atoms with van der Waals surface area (Å²) >= 11 is 0. The van der Waals surface area contributed by atoms with E-state index >= 15 is 0 Å². The van der Waals surface area contributed by atoms with Crippen LogP contribution in [-0.4, -0.2) is 44.3 Å². The first-order chi connectivity index (χ1) is 10.6. The highest BCUT2D eigenvalue weighted by molar-refractivity contribution is 5.97. The summed E-state index contributed by atoms with van der Waals surface area (Å²) in [5, 5.41) is 13.5. The molecule has 1 aromatic heterocycles. The number of carbonyl (C=O) groups is 2. The van der Waals surface area contributed by atoms with Crippen molar-refractivity contribution >= 4 is 11.9 Å². The van der Waals surface area contributed by atoms with Gasteiger partial charge in [0.2, 0.25) is 0 Å². The van der Waals surface area contributed by atoms with Gasteiger partial charge in [0.25, 0.3) is 5.91 Å². The molecule has 1 amide bonds. The van der Waals surface area contributed by atoms with Crippen LogP contribution in [0.15, 0.2) is 36.5 Å². The van der Waals surface area contributed by atoms with Gasteiger partial charge in [-0.2, -0.15) is 5.10 Å². The number of amides is 1. The molecule has 0 unspecified atom stereocenters. The summed E-state index contributed by atoms with van der Waals surface area (Å²) in [6.07, 6.45) is 2.74. The number of rotatable bonds is 3. The van der Waals surface area contributed by atoms with Crippen LogP contribution in [-0.2, 0) is 4.79 Å². The fraction of sp³-hybridized carbons (Fsp3) is 0.312. The van der Waals surface area contributed by atoms with Crippen LogP contribution >= 0.6 is 0 Å². The van der Waals surface area contributed by atoms with Gasteiger partial charge in [-0.1, -0.05) is 18.2 Å². The quantitative estimate of drug-likeness (QED) is 0.938. The molecule has 1 atom stereocenters. The molecule has 1 aromatic carbocycles. The molecular weight excluding hydrogens is 282 g/mol. The van der Waals surface area contributed by atoms with E-state index in [1.165, 1.54) is 11.1 Å². The minimum absolute atomic E-state index is 0.260. The second-order valence-corrected chi connectivity index (χ2v) is 5.39. The lowest BCUT2D eigenvalue weighted by Crippen LogP contribution is -2.40. The topological polar surface area (TPSA) is 75.4 Å². The lowest BCUT2D eigenvalue weighted by atomic mass is 10.2. The molecule has 1 aliphatic heterocycles. The molecule has 0 spiro atoms. The second kappa shape index (κ2) is 5.63. The Bertz CT molecular complexity index is 709. The Morgan fingerprint density at radius 1 is 1.27 bits per heavy atom. The molecule has 3 rings (SSSR count). The highest BCUT2D eigenvalue weighted by atomic mass is 16.4. The maximum absolute atomic E-state index is 12.6. The Balaban J connectivity index is 1.91. The van der Waals surface area contributed by atoms with Crippen LogP contribution < -0.4 is 0 Å². The molecule has 1 saturated heterocycles. The lowest BCUT2D eigenvalue weighted by molar-refractivity contribution is -0.141. The SMILES string of the molecule is Cc1c(C(=O)N2CCC[C@@H]2C(=O)O)cnn1-c1ccccc1. The molecule has 22 heavy (non-hydrogen) atoms. The second-order valence-electron chi connectivity index (χ2n) is 5.39. The van der Waals surface area contributed by atoms with Gasteiger partial charge in [-0.3, -0.25) is 4.79 Å². The highest BCUT2D eigenvalue weighted by Gasteiger charge is 2.35. The predicted molar refractivity (Wildman–Crippen MR) is 80.0 cm³/mol. The molecular formula is C16H17N3O3. The molecule has 114 valence electrons. The number of nitrogens with zero attached hydrogens (tertiary/aromatic N) is 3. The molecule has 6 heteroatoms. The predicted octanol–water partition coefficient (Wildman–Crippen LogP) is 1.87. The molecule has 2 aromatic rings. The van der Waals surface area contributed by atoms with E-state index in [0.29, 0.717) is 30.6 Å². The monoisotopic (exact) mass is 299 g/mol. The third kappa shape index (κ3) is 2.36. The number of hydrogen-bond acceptors (Lipinski definition) is 3. The van der Waals surface area contributed by atoms with Gasteiger partial charge >= 0.3 is 5.97 Å². The molecule has 2 heterocycles. The van der Waals surface area contributed by atoms with Crippen molar-refractivity contribution in [1.82, 2.24) is 14.7 Å². The fourth-order valence-corrected chi connectivity index (χ4v) is 2.87. The van der Waals surface area contributed by atoms with Crippen molar-refractivity contribution in [3.05, 3.63) is 47.8 Å². The van der Waals surface area contributed by atoms with Crippen LogP contribution in [0.5, 0.6) is 0 Å². The minimum atomic E-state index is -0.945. The molecule has 0 radical (unpaired) electrons. The summed E-state index contributed by atoms with van der Waals surface area (Å²) in [6, 6.07) is 8.80. The van der Waals surface area contributed by atoms with Crippen molar-refractivity contribution in [1.29, 1.82) is 0 Å². The largest absolute Gasteiger partial charge is 0.480 e. The first kappa shape index (κ1) is 14.3. The van der Waals surface area contributed by atoms with Gasteiger partial charge < -0.3 is 10.0 Å². The number of carboxylic acids is 1. The number of likely N-dealkylation sites (tertiary alicyclic amines) is 1. The Kier molecular flexibility index (Phi) is 3.66. The number of carbonyl (C=O) groups excluding carboxylic acids is 1. The summed E-state index contributed by atoms with van der Waals surface area (Å²) in [4.78, 5) is 25.3. The van der Waals surface area contributed by atoms with Crippen LogP contribution in [0, 0.1) is 6.92 Å². The zero-order valence-electron chi connectivity index (χ0n) is 12.3. The Morgan fingerprint density at radius 2 is 2.00 bits per heavy atom. The molecule has 0 aliphatic carbocycles. The summed E-state index contributed by atoms with van der Waals surface area (Å²) in [6.45, 7) is 2.30. The highest BCUT2D eigenvalue weighted by Crippen LogP contribution is 2.22. The van der Waals surface area contributed by atoms with Gasteiger partial charge in [-0.25, -0.2) is 9.48 Å². The van der Waals surface area contributed by atoms with Crippen molar-refractivity contribution < 1.29 is 14.7 Å². The van der Waals surface area contributed by atoms with Crippen LogP contribution in [0.4, 0.5) is 0 Å². The Labute approximate surface area is 128 Å². The molecule has 0 bridgehead atoms. The van der Waals surface area contributed by atoms with Gasteiger partial charge in [0.05, 0.1) is 23.1 Å². The van der Waals surface area contributed by atoms with Crippen LogP contribution in [0.3, 0.4) is 0 Å². The van der Waals surface area contributed by atoms with E-state index in [-0.39, 0.29) is 5.91 Å². The van der Waals surface area contributed by atoms with E-state index in [9.17, 15) is 14.7 Å². The standard InChI is InChI=1S/C16H17N3O3/c1-11-13(10-17-19(11)12-6-3-2-4-7-12)15(20)18-9-5-8-14(18)16(21)22/h2-4,6-7,10,14H,5,8-9H2,1H3,(H,21,22)/t14-/m1/s1. The van der Waals surface area contributed by atoms with Crippen LogP contribution in [0.1, 0.15) is 28.9 Å².